The number of nitrogens with zero attached hydrogens (tertiary/aromatic N) is 1. The zero-order valence-corrected chi connectivity index (χ0v) is 11.2. The maximum atomic E-state index is 4.00. The molecule has 0 saturated heterocycles. The van der Waals surface area contributed by atoms with E-state index >= 15 is 0 Å². The molecule has 19 heavy (non-hydrogen) atoms. The molecular weight excluding hydrogens is 230 g/mol. The summed E-state index contributed by atoms with van der Waals surface area (Å²) in [5.41, 5.74) is 2.58. The van der Waals surface area contributed by atoms with E-state index in [0.717, 1.165) is 13.1 Å². The average molecular weight is 250 g/mol. The third kappa shape index (κ3) is 3.43. The van der Waals surface area contributed by atoms with Crippen molar-refractivity contribution < 1.29 is 4.48 Å². The van der Waals surface area contributed by atoms with Crippen molar-refractivity contribution in [3.8, 4) is 0 Å². The van der Waals surface area contributed by atoms with Gasteiger partial charge in [-0.2, -0.15) is 0 Å². The van der Waals surface area contributed by atoms with E-state index in [9.17, 15) is 0 Å². The van der Waals surface area contributed by atoms with Crippen LogP contribution in [0.3, 0.4) is 0 Å². The van der Waals surface area contributed by atoms with Gasteiger partial charge in [-0.1, -0.05) is 60.7 Å². The Morgan fingerprint density at radius 1 is 0.684 bits per heavy atom. The van der Waals surface area contributed by atoms with Crippen LogP contribution in [-0.4, -0.2) is 4.48 Å². The SMILES string of the molecule is C=C[N+](C=C)(Cc1ccccc1)Cc1ccccc1. The van der Waals surface area contributed by atoms with E-state index in [1.54, 1.807) is 0 Å². The van der Waals surface area contributed by atoms with Crippen molar-refractivity contribution in [1.82, 2.24) is 0 Å². The Labute approximate surface area is 115 Å². The lowest BCUT2D eigenvalue weighted by Crippen LogP contribution is -2.34. The van der Waals surface area contributed by atoms with Gasteiger partial charge in [-0.15, -0.1) is 0 Å². The Balaban J connectivity index is 2.23. The van der Waals surface area contributed by atoms with Crippen molar-refractivity contribution in [2.45, 2.75) is 13.1 Å². The molecule has 0 aromatic heterocycles. The summed E-state index contributed by atoms with van der Waals surface area (Å²) in [5, 5.41) is 0. The Bertz CT molecular complexity index is 477. The van der Waals surface area contributed by atoms with Gasteiger partial charge in [0.1, 0.15) is 13.1 Å². The summed E-state index contributed by atoms with van der Waals surface area (Å²) in [6, 6.07) is 20.9. The molecule has 0 amide bonds. The number of quaternary nitrogens is 1. The normalized spacial score (nSPS) is 10.9. The molecule has 0 heterocycles. The van der Waals surface area contributed by atoms with Crippen molar-refractivity contribution >= 4 is 0 Å². The van der Waals surface area contributed by atoms with Crippen LogP contribution in [0.5, 0.6) is 0 Å². The Morgan fingerprint density at radius 2 is 1.05 bits per heavy atom. The van der Waals surface area contributed by atoms with Crippen LogP contribution in [0.2, 0.25) is 0 Å². The van der Waals surface area contributed by atoms with Crippen LogP contribution >= 0.6 is 0 Å². The van der Waals surface area contributed by atoms with E-state index < -0.39 is 0 Å². The molecular formula is C18H20N+. The molecule has 1 nitrogen and oxygen atoms in total. The third-order valence-electron chi connectivity index (χ3n) is 3.37. The average Bonchev–Trinajstić information content (AvgIpc) is 2.48. The van der Waals surface area contributed by atoms with Gasteiger partial charge in [0.15, 0.2) is 0 Å². The van der Waals surface area contributed by atoms with Crippen LogP contribution in [0, 0.1) is 0 Å². The highest BCUT2D eigenvalue weighted by Gasteiger charge is 2.21. The van der Waals surface area contributed by atoms with Crippen LogP contribution in [0.15, 0.2) is 86.2 Å². The van der Waals surface area contributed by atoms with E-state index in [4.69, 9.17) is 0 Å². The van der Waals surface area contributed by atoms with Gasteiger partial charge >= 0.3 is 0 Å². The van der Waals surface area contributed by atoms with Crippen LogP contribution < -0.4 is 0 Å². The van der Waals surface area contributed by atoms with Crippen LogP contribution in [0.4, 0.5) is 0 Å². The van der Waals surface area contributed by atoms with Gasteiger partial charge in [-0.25, -0.2) is 0 Å². The molecule has 0 N–H and O–H groups in total. The molecule has 2 aromatic rings. The van der Waals surface area contributed by atoms with Gasteiger partial charge in [-0.3, -0.25) is 4.48 Å². The van der Waals surface area contributed by atoms with E-state index in [2.05, 4.69) is 61.7 Å². The molecule has 0 bridgehead atoms. The van der Waals surface area contributed by atoms with Gasteiger partial charge in [0.25, 0.3) is 0 Å². The second-order valence-corrected chi connectivity index (χ2v) is 4.76. The maximum absolute atomic E-state index is 4.00. The lowest BCUT2D eigenvalue weighted by molar-refractivity contribution is -0.855. The highest BCUT2D eigenvalue weighted by Crippen LogP contribution is 2.20. The summed E-state index contributed by atoms with van der Waals surface area (Å²) >= 11 is 0. The van der Waals surface area contributed by atoms with E-state index in [-0.39, 0.29) is 0 Å². The molecule has 0 saturated carbocycles. The maximum Gasteiger partial charge on any atom is 0.113 e. The first-order valence-corrected chi connectivity index (χ1v) is 6.49. The second kappa shape index (κ2) is 6.17. The van der Waals surface area contributed by atoms with Crippen molar-refractivity contribution in [1.29, 1.82) is 0 Å². The first-order chi connectivity index (χ1) is 9.28. The zero-order chi connectivity index (χ0) is 13.6. The summed E-state index contributed by atoms with van der Waals surface area (Å²) in [7, 11) is 0. The van der Waals surface area contributed by atoms with Crippen LogP contribution in [0.25, 0.3) is 0 Å². The predicted molar refractivity (Wildman–Crippen MR) is 80.9 cm³/mol. The van der Waals surface area contributed by atoms with Crippen molar-refractivity contribution in [3.63, 3.8) is 0 Å². The van der Waals surface area contributed by atoms with Crippen molar-refractivity contribution in [2.75, 3.05) is 0 Å². The first kappa shape index (κ1) is 13.3. The quantitative estimate of drug-likeness (QED) is 0.663. The van der Waals surface area contributed by atoms with Gasteiger partial charge < -0.3 is 0 Å². The minimum Gasteiger partial charge on any atom is -0.265 e. The van der Waals surface area contributed by atoms with E-state index in [1.165, 1.54) is 11.1 Å². The molecule has 0 aliphatic carbocycles. The smallest absolute Gasteiger partial charge is 0.113 e. The van der Waals surface area contributed by atoms with Gasteiger partial charge in [0.2, 0.25) is 0 Å². The minimum absolute atomic E-state index is 0.647. The Morgan fingerprint density at radius 3 is 1.37 bits per heavy atom. The predicted octanol–water partition coefficient (Wildman–Crippen LogP) is 4.49. The molecule has 2 aromatic carbocycles. The summed E-state index contributed by atoms with van der Waals surface area (Å²) in [6.07, 6.45) is 3.93. The number of hydrogen-bond acceptors (Lipinski definition) is 0. The molecule has 0 aliphatic heterocycles. The minimum atomic E-state index is 0.647. The summed E-state index contributed by atoms with van der Waals surface area (Å²) < 4.78 is 0.647. The summed E-state index contributed by atoms with van der Waals surface area (Å²) in [5.74, 6) is 0. The fourth-order valence-corrected chi connectivity index (χ4v) is 2.24. The van der Waals surface area contributed by atoms with Gasteiger partial charge in [0, 0.05) is 11.1 Å². The monoisotopic (exact) mass is 250 g/mol. The zero-order valence-electron chi connectivity index (χ0n) is 11.2. The van der Waals surface area contributed by atoms with Gasteiger partial charge in [-0.05, 0) is 13.2 Å². The fourth-order valence-electron chi connectivity index (χ4n) is 2.24. The second-order valence-electron chi connectivity index (χ2n) is 4.76. The molecule has 2 rings (SSSR count). The van der Waals surface area contributed by atoms with E-state index in [0.29, 0.717) is 4.48 Å². The van der Waals surface area contributed by atoms with E-state index in [1.807, 2.05) is 24.5 Å². The van der Waals surface area contributed by atoms with Gasteiger partial charge in [0.05, 0.1) is 12.4 Å². The standard InChI is InChI=1S/C18H20N/c1-3-19(4-2,15-17-11-7-5-8-12-17)16-18-13-9-6-10-14-18/h3-14H,1-2,15-16H2/q+1. The Hall–Kier alpha value is -2.12. The fraction of sp³-hybridized carbons (Fsp3) is 0.111. The molecule has 1 heteroatoms. The lowest BCUT2D eigenvalue weighted by Gasteiger charge is -2.30. The molecule has 0 fully saturated rings. The molecule has 0 atom stereocenters. The highest BCUT2D eigenvalue weighted by molar-refractivity contribution is 5.16. The number of benzene rings is 2. The van der Waals surface area contributed by atoms with Crippen LogP contribution in [-0.2, 0) is 13.1 Å². The molecule has 0 aliphatic rings. The first-order valence-electron chi connectivity index (χ1n) is 6.49. The van der Waals surface area contributed by atoms with Crippen molar-refractivity contribution in [2.24, 2.45) is 0 Å². The summed E-state index contributed by atoms with van der Waals surface area (Å²) in [6.45, 7) is 9.75. The molecule has 0 unspecified atom stereocenters. The van der Waals surface area contributed by atoms with Crippen molar-refractivity contribution in [3.05, 3.63) is 97.3 Å². The summed E-state index contributed by atoms with van der Waals surface area (Å²) in [4.78, 5) is 0. The molecule has 0 spiro atoms. The van der Waals surface area contributed by atoms with Crippen LogP contribution in [0.1, 0.15) is 11.1 Å². The number of rotatable bonds is 6. The third-order valence-corrected chi connectivity index (χ3v) is 3.37. The molecule has 96 valence electrons. The number of hydrogen-bond donors (Lipinski definition) is 0. The highest BCUT2D eigenvalue weighted by atomic mass is 15.3. The Kier molecular flexibility index (Phi) is 4.32. The largest absolute Gasteiger partial charge is 0.265 e. The lowest BCUT2D eigenvalue weighted by atomic mass is 10.1. The molecule has 0 radical (unpaired) electrons. The topological polar surface area (TPSA) is 0 Å².